The second-order valence-corrected chi connectivity index (χ2v) is 5.41. The van der Waals surface area contributed by atoms with Crippen LogP contribution in [0.4, 0.5) is 5.69 Å². The normalized spacial score (nSPS) is 10.1. The molecular formula is C21H18N2O2. The van der Waals surface area contributed by atoms with Crippen molar-refractivity contribution in [2.24, 2.45) is 0 Å². The molecule has 1 N–H and O–H groups in total. The van der Waals surface area contributed by atoms with Crippen LogP contribution in [0.2, 0.25) is 0 Å². The summed E-state index contributed by atoms with van der Waals surface area (Å²) in [6.07, 6.45) is 1.24. The number of carbonyl (C=O) groups is 1. The van der Waals surface area contributed by atoms with E-state index in [0.717, 1.165) is 34.0 Å². The number of amides is 1. The third kappa shape index (κ3) is 3.93. The second-order valence-electron chi connectivity index (χ2n) is 5.41. The Morgan fingerprint density at radius 3 is 2.36 bits per heavy atom. The molecule has 124 valence electrons. The van der Waals surface area contributed by atoms with E-state index in [1.165, 1.54) is 6.08 Å². The Bertz CT molecular complexity index is 902. The maximum Gasteiger partial charge on any atom is 0.247 e. The third-order valence-electron chi connectivity index (χ3n) is 3.75. The Labute approximate surface area is 146 Å². The van der Waals surface area contributed by atoms with Gasteiger partial charge < -0.3 is 10.1 Å². The molecule has 0 saturated heterocycles. The van der Waals surface area contributed by atoms with E-state index in [4.69, 9.17) is 9.72 Å². The molecule has 0 bridgehead atoms. The topological polar surface area (TPSA) is 51.2 Å². The lowest BCUT2D eigenvalue weighted by atomic mass is 10.1. The summed E-state index contributed by atoms with van der Waals surface area (Å²) >= 11 is 0. The number of hydrogen-bond donors (Lipinski definition) is 1. The molecule has 4 nitrogen and oxygen atoms in total. The molecular weight excluding hydrogens is 312 g/mol. The highest BCUT2D eigenvalue weighted by Crippen LogP contribution is 2.26. The average molecular weight is 330 g/mol. The zero-order chi connectivity index (χ0) is 17.6. The Kier molecular flexibility index (Phi) is 4.90. The summed E-state index contributed by atoms with van der Waals surface area (Å²) in [5.41, 5.74) is 4.43. The van der Waals surface area contributed by atoms with Gasteiger partial charge in [0, 0.05) is 16.8 Å². The van der Waals surface area contributed by atoms with Gasteiger partial charge in [0.2, 0.25) is 5.91 Å². The number of hydrogen-bond acceptors (Lipinski definition) is 3. The zero-order valence-electron chi connectivity index (χ0n) is 13.9. The second kappa shape index (κ2) is 7.45. The fourth-order valence-electron chi connectivity index (χ4n) is 2.46. The van der Waals surface area contributed by atoms with Crippen molar-refractivity contribution >= 4 is 11.6 Å². The Balaban J connectivity index is 1.88. The van der Waals surface area contributed by atoms with Gasteiger partial charge in [0.15, 0.2) is 0 Å². The van der Waals surface area contributed by atoms with E-state index in [2.05, 4.69) is 11.9 Å². The molecule has 4 heteroatoms. The maximum atomic E-state index is 11.3. The van der Waals surface area contributed by atoms with E-state index in [1.807, 2.05) is 66.7 Å². The SMILES string of the molecule is C=CC(=O)Nc1ccc(-c2cccc(-c3cccc(OC)c3)n2)cc1. The third-order valence-corrected chi connectivity index (χ3v) is 3.75. The molecule has 0 aliphatic rings. The number of nitrogens with zero attached hydrogens (tertiary/aromatic N) is 1. The number of benzene rings is 2. The van der Waals surface area contributed by atoms with Crippen LogP contribution < -0.4 is 10.1 Å². The summed E-state index contributed by atoms with van der Waals surface area (Å²) in [6, 6.07) is 21.3. The maximum absolute atomic E-state index is 11.3. The first-order valence-corrected chi connectivity index (χ1v) is 7.85. The van der Waals surface area contributed by atoms with Crippen molar-refractivity contribution in [1.82, 2.24) is 4.98 Å². The number of methoxy groups -OCH3 is 1. The van der Waals surface area contributed by atoms with Gasteiger partial charge in [-0.2, -0.15) is 0 Å². The number of nitrogens with one attached hydrogen (secondary N) is 1. The van der Waals surface area contributed by atoms with Crippen LogP contribution >= 0.6 is 0 Å². The van der Waals surface area contributed by atoms with Gasteiger partial charge in [-0.25, -0.2) is 4.98 Å². The van der Waals surface area contributed by atoms with Crippen LogP contribution in [0.1, 0.15) is 0 Å². The van der Waals surface area contributed by atoms with Gasteiger partial charge in [-0.1, -0.05) is 36.9 Å². The molecule has 0 spiro atoms. The first kappa shape index (κ1) is 16.5. The summed E-state index contributed by atoms with van der Waals surface area (Å²) in [4.78, 5) is 16.1. The van der Waals surface area contributed by atoms with Crippen LogP contribution in [0.25, 0.3) is 22.5 Å². The van der Waals surface area contributed by atoms with Crippen LogP contribution in [-0.2, 0) is 4.79 Å². The molecule has 3 rings (SSSR count). The van der Waals surface area contributed by atoms with Gasteiger partial charge in [0.05, 0.1) is 18.5 Å². The number of rotatable bonds is 5. The lowest BCUT2D eigenvalue weighted by Crippen LogP contribution is -2.06. The van der Waals surface area contributed by atoms with Crippen LogP contribution in [0, 0.1) is 0 Å². The first-order chi connectivity index (χ1) is 12.2. The summed E-state index contributed by atoms with van der Waals surface area (Å²) < 4.78 is 5.28. The molecule has 0 saturated carbocycles. The number of carbonyl (C=O) groups excluding carboxylic acids is 1. The molecule has 0 aliphatic carbocycles. The van der Waals surface area contributed by atoms with Crippen LogP contribution in [-0.4, -0.2) is 18.0 Å². The lowest BCUT2D eigenvalue weighted by molar-refractivity contribution is -0.111. The van der Waals surface area contributed by atoms with Gasteiger partial charge in [-0.3, -0.25) is 4.79 Å². The van der Waals surface area contributed by atoms with Crippen molar-refractivity contribution in [1.29, 1.82) is 0 Å². The van der Waals surface area contributed by atoms with Gasteiger partial charge in [-0.05, 0) is 42.5 Å². The quantitative estimate of drug-likeness (QED) is 0.698. The van der Waals surface area contributed by atoms with Crippen molar-refractivity contribution in [2.45, 2.75) is 0 Å². The van der Waals surface area contributed by atoms with Crippen LogP contribution in [0.5, 0.6) is 5.75 Å². The fourth-order valence-corrected chi connectivity index (χ4v) is 2.46. The number of pyridine rings is 1. The number of anilines is 1. The molecule has 1 amide bonds. The molecule has 3 aromatic rings. The van der Waals surface area contributed by atoms with E-state index in [0.29, 0.717) is 0 Å². The molecule has 0 unspecified atom stereocenters. The minimum absolute atomic E-state index is 0.231. The van der Waals surface area contributed by atoms with Crippen molar-refractivity contribution < 1.29 is 9.53 Å². The van der Waals surface area contributed by atoms with Crippen LogP contribution in [0.15, 0.2) is 79.4 Å². The predicted octanol–water partition coefficient (Wildman–Crippen LogP) is 4.55. The van der Waals surface area contributed by atoms with Crippen molar-refractivity contribution in [3.63, 3.8) is 0 Å². The average Bonchev–Trinajstić information content (AvgIpc) is 2.68. The molecule has 1 heterocycles. The molecule has 0 atom stereocenters. The van der Waals surface area contributed by atoms with Gasteiger partial charge in [-0.15, -0.1) is 0 Å². The van der Waals surface area contributed by atoms with Gasteiger partial charge in [0.25, 0.3) is 0 Å². The molecule has 25 heavy (non-hydrogen) atoms. The van der Waals surface area contributed by atoms with E-state index in [1.54, 1.807) is 7.11 Å². The number of aromatic nitrogens is 1. The monoisotopic (exact) mass is 330 g/mol. The molecule has 0 fully saturated rings. The highest BCUT2D eigenvalue weighted by Gasteiger charge is 2.05. The minimum Gasteiger partial charge on any atom is -0.497 e. The number of ether oxygens (including phenoxy) is 1. The van der Waals surface area contributed by atoms with Crippen molar-refractivity contribution in [2.75, 3.05) is 12.4 Å². The van der Waals surface area contributed by atoms with Crippen LogP contribution in [0.3, 0.4) is 0 Å². The molecule has 2 aromatic carbocycles. The highest BCUT2D eigenvalue weighted by molar-refractivity contribution is 5.98. The highest BCUT2D eigenvalue weighted by atomic mass is 16.5. The fraction of sp³-hybridized carbons (Fsp3) is 0.0476. The van der Waals surface area contributed by atoms with E-state index >= 15 is 0 Å². The summed E-state index contributed by atoms with van der Waals surface area (Å²) in [5, 5.41) is 2.73. The molecule has 0 radical (unpaired) electrons. The molecule has 1 aromatic heterocycles. The summed E-state index contributed by atoms with van der Waals surface area (Å²) in [5.74, 6) is 0.568. The Morgan fingerprint density at radius 2 is 1.68 bits per heavy atom. The predicted molar refractivity (Wildman–Crippen MR) is 100 cm³/mol. The van der Waals surface area contributed by atoms with Gasteiger partial charge in [0.1, 0.15) is 5.75 Å². The summed E-state index contributed by atoms with van der Waals surface area (Å²) in [6.45, 7) is 3.44. The smallest absolute Gasteiger partial charge is 0.247 e. The first-order valence-electron chi connectivity index (χ1n) is 7.85. The van der Waals surface area contributed by atoms with E-state index in [-0.39, 0.29) is 5.91 Å². The Hall–Kier alpha value is -3.40. The minimum atomic E-state index is -0.231. The molecule has 0 aliphatic heterocycles. The zero-order valence-corrected chi connectivity index (χ0v) is 13.9. The van der Waals surface area contributed by atoms with Crippen molar-refractivity contribution in [3.8, 4) is 28.3 Å². The van der Waals surface area contributed by atoms with E-state index < -0.39 is 0 Å². The summed E-state index contributed by atoms with van der Waals surface area (Å²) in [7, 11) is 1.65. The van der Waals surface area contributed by atoms with E-state index in [9.17, 15) is 4.79 Å². The standard InChI is InChI=1S/C21H18N2O2/c1-3-21(24)22-17-12-10-15(11-13-17)19-8-5-9-20(23-19)16-6-4-7-18(14-16)25-2/h3-14H,1H2,2H3,(H,22,24). The Morgan fingerprint density at radius 1 is 1.00 bits per heavy atom. The lowest BCUT2D eigenvalue weighted by Gasteiger charge is -2.08. The van der Waals surface area contributed by atoms with Crippen molar-refractivity contribution in [3.05, 3.63) is 79.4 Å². The van der Waals surface area contributed by atoms with Gasteiger partial charge >= 0.3 is 0 Å². The largest absolute Gasteiger partial charge is 0.497 e.